The summed E-state index contributed by atoms with van der Waals surface area (Å²) in [5.74, 6) is -0.0209. The van der Waals surface area contributed by atoms with Gasteiger partial charge < -0.3 is 25.0 Å². The van der Waals surface area contributed by atoms with Crippen molar-refractivity contribution < 1.29 is 19.5 Å². The number of carbonyl (C=O) groups is 1. The molecule has 0 unspecified atom stereocenters. The van der Waals surface area contributed by atoms with Gasteiger partial charge in [-0.2, -0.15) is 0 Å². The smallest absolute Gasteiger partial charge is 0.269 e. The summed E-state index contributed by atoms with van der Waals surface area (Å²) in [6.07, 6.45) is 4.42. The van der Waals surface area contributed by atoms with E-state index in [1.807, 2.05) is 0 Å². The molecule has 1 aromatic heterocycles. The van der Waals surface area contributed by atoms with Crippen LogP contribution in [0, 0.1) is 0 Å². The number of oxime groups is 1. The van der Waals surface area contributed by atoms with Gasteiger partial charge in [0.05, 0.1) is 17.9 Å². The number of ether oxygens (including phenoxy) is 1. The predicted octanol–water partition coefficient (Wildman–Crippen LogP) is 0.263. The van der Waals surface area contributed by atoms with E-state index in [2.05, 4.69) is 36.4 Å². The monoisotopic (exact) mass is 406 g/mol. The third-order valence-electron chi connectivity index (χ3n) is 4.05. The quantitative estimate of drug-likeness (QED) is 0.608. The maximum absolute atomic E-state index is 12.3. The van der Waals surface area contributed by atoms with Crippen LogP contribution in [-0.2, 0) is 20.8 Å². The van der Waals surface area contributed by atoms with Crippen molar-refractivity contribution in [2.24, 2.45) is 5.16 Å². The number of carbonyl (C=O) groups excluding carboxylic acids is 1. The van der Waals surface area contributed by atoms with Crippen LogP contribution in [-0.4, -0.2) is 59.9 Å². The Labute approximate surface area is 153 Å². The van der Waals surface area contributed by atoms with E-state index in [0.717, 1.165) is 5.69 Å². The molecule has 1 aliphatic heterocycles. The Kier molecular flexibility index (Phi) is 5.00. The van der Waals surface area contributed by atoms with Crippen molar-refractivity contribution in [1.82, 2.24) is 15.3 Å². The Morgan fingerprint density at radius 1 is 1.68 bits per heavy atom. The molecule has 2 heterocycles. The lowest BCUT2D eigenvalue weighted by atomic mass is 9.78. The van der Waals surface area contributed by atoms with Crippen LogP contribution in [0.2, 0.25) is 0 Å². The Bertz CT molecular complexity index is 762. The van der Waals surface area contributed by atoms with Crippen molar-refractivity contribution in [3.05, 3.63) is 40.0 Å². The molecule has 3 rings (SSSR count). The zero-order chi connectivity index (χ0) is 18.0. The van der Waals surface area contributed by atoms with E-state index >= 15 is 0 Å². The number of aromatic nitrogens is 2. The van der Waals surface area contributed by atoms with Crippen molar-refractivity contribution in [3.8, 4) is 0 Å². The van der Waals surface area contributed by atoms with Crippen LogP contribution >= 0.6 is 15.9 Å². The molecule has 2 atom stereocenters. The summed E-state index contributed by atoms with van der Waals surface area (Å²) in [6, 6.07) is 0. The molecule has 0 bridgehead atoms. The van der Waals surface area contributed by atoms with E-state index in [1.54, 1.807) is 12.5 Å². The van der Waals surface area contributed by atoms with Crippen LogP contribution in [0.15, 0.2) is 39.5 Å². The third kappa shape index (κ3) is 3.36. The van der Waals surface area contributed by atoms with E-state index in [9.17, 15) is 9.90 Å². The van der Waals surface area contributed by atoms with Gasteiger partial charge in [0.2, 0.25) is 0 Å². The van der Waals surface area contributed by atoms with Gasteiger partial charge in [-0.15, -0.1) is 0 Å². The molecule has 2 radical (unpaired) electrons. The lowest BCUT2D eigenvalue weighted by Gasteiger charge is -2.34. The molecule has 10 heteroatoms. The second-order valence-electron chi connectivity index (χ2n) is 5.73. The zero-order valence-electron chi connectivity index (χ0n) is 13.5. The molecule has 0 saturated heterocycles. The minimum atomic E-state index is -1.22. The number of H-pyrrole nitrogens is 1. The van der Waals surface area contributed by atoms with E-state index < -0.39 is 11.7 Å². The Hall–Kier alpha value is -2.07. The number of methoxy groups -OCH3 is 1. The molecule has 3 N–H and O–H groups in total. The predicted molar refractivity (Wildman–Crippen MR) is 94.0 cm³/mol. The number of allylic oxidation sites excluding steroid dienone is 1. The number of aliphatic hydroxyl groups excluding tert-OH is 1. The van der Waals surface area contributed by atoms with Crippen molar-refractivity contribution in [3.63, 3.8) is 0 Å². The van der Waals surface area contributed by atoms with Gasteiger partial charge in [0.15, 0.2) is 5.60 Å². The zero-order valence-corrected chi connectivity index (χ0v) is 15.0. The van der Waals surface area contributed by atoms with Crippen molar-refractivity contribution in [2.75, 3.05) is 13.7 Å². The molecule has 2 aliphatic rings. The molecule has 130 valence electrons. The number of aliphatic hydroxyl groups is 1. The van der Waals surface area contributed by atoms with Crippen LogP contribution < -0.4 is 5.32 Å². The fourth-order valence-electron chi connectivity index (χ4n) is 2.75. The highest BCUT2D eigenvalue weighted by Gasteiger charge is 2.50. The molecule has 0 fully saturated rings. The molecule has 25 heavy (non-hydrogen) atoms. The largest absolute Gasteiger partial charge is 0.496 e. The van der Waals surface area contributed by atoms with Crippen molar-refractivity contribution >= 4 is 35.4 Å². The van der Waals surface area contributed by atoms with E-state index in [-0.39, 0.29) is 18.0 Å². The highest BCUT2D eigenvalue weighted by molar-refractivity contribution is 9.11. The maximum atomic E-state index is 12.3. The van der Waals surface area contributed by atoms with Gasteiger partial charge in [-0.1, -0.05) is 10.6 Å². The molecular weight excluding hydrogens is 391 g/mol. The normalized spacial score (nSPS) is 25.5. The summed E-state index contributed by atoms with van der Waals surface area (Å²) in [4.78, 5) is 24.5. The molecule has 1 aromatic rings. The lowest BCUT2D eigenvalue weighted by Crippen LogP contribution is -2.45. The van der Waals surface area contributed by atoms with Gasteiger partial charge in [0, 0.05) is 31.3 Å². The van der Waals surface area contributed by atoms with Crippen molar-refractivity contribution in [2.45, 2.75) is 24.5 Å². The standard InChI is InChI=1S/C15H16BBrN4O4/c1-24-12-9(16)4-15(13(22)11(12)17)5-10(21-25-15)14(23)19-3-2-8-6-18-7-20-8/h4,6-7,13,22H,2-3,5H2,1H3,(H,18,20)(H,19,23)/t13-,15+/m1/s1. The molecule has 1 amide bonds. The number of nitrogens with zero attached hydrogens (tertiary/aromatic N) is 2. The van der Waals surface area contributed by atoms with Crippen molar-refractivity contribution in [1.29, 1.82) is 0 Å². The maximum Gasteiger partial charge on any atom is 0.269 e. The number of hydrogen-bond acceptors (Lipinski definition) is 6. The number of imidazole rings is 1. The first-order valence-electron chi connectivity index (χ1n) is 7.58. The van der Waals surface area contributed by atoms with Gasteiger partial charge in [-0.05, 0) is 22.0 Å². The minimum absolute atomic E-state index is 0.0941. The summed E-state index contributed by atoms with van der Waals surface area (Å²) in [6.45, 7) is 0.422. The topological polar surface area (TPSA) is 109 Å². The second-order valence-corrected chi connectivity index (χ2v) is 6.58. The van der Waals surface area contributed by atoms with Gasteiger partial charge in [0.25, 0.3) is 5.91 Å². The van der Waals surface area contributed by atoms with E-state index in [0.29, 0.717) is 28.7 Å². The first-order valence-corrected chi connectivity index (χ1v) is 8.37. The van der Waals surface area contributed by atoms with Crippen LogP contribution in [0.25, 0.3) is 0 Å². The van der Waals surface area contributed by atoms with Gasteiger partial charge in [-0.25, -0.2) is 4.98 Å². The lowest BCUT2D eigenvalue weighted by molar-refractivity contribution is -0.114. The Morgan fingerprint density at radius 3 is 3.16 bits per heavy atom. The van der Waals surface area contributed by atoms with Gasteiger partial charge in [-0.3, -0.25) is 4.79 Å². The summed E-state index contributed by atoms with van der Waals surface area (Å²) < 4.78 is 5.50. The number of halogens is 1. The average Bonchev–Trinajstić information content (AvgIpc) is 3.24. The summed E-state index contributed by atoms with van der Waals surface area (Å²) in [5, 5.41) is 17.1. The molecule has 1 aliphatic carbocycles. The number of nitrogens with one attached hydrogen (secondary N) is 2. The van der Waals surface area contributed by atoms with Gasteiger partial charge >= 0.3 is 0 Å². The molecule has 0 saturated carbocycles. The third-order valence-corrected chi connectivity index (χ3v) is 4.85. The van der Waals surface area contributed by atoms with Crippen LogP contribution in [0.1, 0.15) is 12.1 Å². The number of amides is 1. The number of rotatable bonds is 5. The number of hydrogen-bond donors (Lipinski definition) is 3. The van der Waals surface area contributed by atoms with Gasteiger partial charge in [0.1, 0.15) is 25.4 Å². The highest BCUT2D eigenvalue weighted by atomic mass is 79.9. The molecule has 8 nitrogen and oxygen atoms in total. The fourth-order valence-corrected chi connectivity index (χ4v) is 3.52. The number of aromatic amines is 1. The average molecular weight is 407 g/mol. The SMILES string of the molecule is [B]C1=C[C@]2(CC(C(=O)NCCc3cnc[nH]3)=NO2)[C@H](O)C(Br)=C1OC. The minimum Gasteiger partial charge on any atom is -0.496 e. The first-order chi connectivity index (χ1) is 12.0. The summed E-state index contributed by atoms with van der Waals surface area (Å²) >= 11 is 3.27. The first kappa shape index (κ1) is 17.7. The van der Waals surface area contributed by atoms with Crippen LogP contribution in [0.5, 0.6) is 0 Å². The van der Waals surface area contributed by atoms with E-state index in [4.69, 9.17) is 17.4 Å². The summed E-state index contributed by atoms with van der Waals surface area (Å²) in [5.41, 5.74) is 0.187. The molecule has 1 spiro atoms. The second kappa shape index (κ2) is 7.05. The molecular formula is C15H16BBrN4O4. The fraction of sp³-hybridized carbons (Fsp3) is 0.400. The Balaban J connectivity index is 1.62. The van der Waals surface area contributed by atoms with E-state index in [1.165, 1.54) is 13.2 Å². The van der Waals surface area contributed by atoms with Crippen LogP contribution in [0.4, 0.5) is 0 Å². The molecule has 0 aromatic carbocycles. The highest BCUT2D eigenvalue weighted by Crippen LogP contribution is 2.41. The van der Waals surface area contributed by atoms with Crippen LogP contribution in [0.3, 0.4) is 0 Å². The summed E-state index contributed by atoms with van der Waals surface area (Å²) in [7, 11) is 7.40. The Morgan fingerprint density at radius 2 is 2.48 bits per heavy atom.